The summed E-state index contributed by atoms with van der Waals surface area (Å²) in [6.45, 7) is 0.343. The number of rotatable bonds is 7. The standard InChI is InChI=1S/C22H18N4O4/c1-29-17-11-9-15(10-12-17)13-23-21-20(26(27)28)22(25-14-24-21)30-19-8-4-6-16-5-2-3-7-18(16)19/h2-12,14H,13H2,1H3,(H,23,24,25). The van der Waals surface area contributed by atoms with Crippen molar-refractivity contribution in [2.24, 2.45) is 0 Å². The van der Waals surface area contributed by atoms with Gasteiger partial charge in [0, 0.05) is 11.9 Å². The zero-order valence-corrected chi connectivity index (χ0v) is 16.1. The summed E-state index contributed by atoms with van der Waals surface area (Å²) >= 11 is 0. The van der Waals surface area contributed by atoms with Gasteiger partial charge in [-0.1, -0.05) is 48.5 Å². The maximum Gasteiger partial charge on any atom is 0.373 e. The van der Waals surface area contributed by atoms with E-state index in [2.05, 4.69) is 15.3 Å². The first-order valence-corrected chi connectivity index (χ1v) is 9.17. The fourth-order valence-electron chi connectivity index (χ4n) is 3.05. The lowest BCUT2D eigenvalue weighted by Crippen LogP contribution is -2.07. The van der Waals surface area contributed by atoms with E-state index >= 15 is 0 Å². The molecule has 1 heterocycles. The second-order valence-electron chi connectivity index (χ2n) is 6.41. The third-order valence-corrected chi connectivity index (χ3v) is 4.55. The highest BCUT2D eigenvalue weighted by Crippen LogP contribution is 2.36. The summed E-state index contributed by atoms with van der Waals surface area (Å²) in [5.74, 6) is 1.18. The van der Waals surface area contributed by atoms with Crippen molar-refractivity contribution in [3.63, 3.8) is 0 Å². The molecule has 0 bridgehead atoms. The van der Waals surface area contributed by atoms with Crippen molar-refractivity contribution in [3.8, 4) is 17.4 Å². The van der Waals surface area contributed by atoms with Gasteiger partial charge in [-0.15, -0.1) is 0 Å². The molecule has 150 valence electrons. The van der Waals surface area contributed by atoms with Gasteiger partial charge in [-0.05, 0) is 29.1 Å². The van der Waals surface area contributed by atoms with Gasteiger partial charge in [-0.2, -0.15) is 4.98 Å². The highest BCUT2D eigenvalue weighted by molar-refractivity contribution is 5.88. The molecule has 1 N–H and O–H groups in total. The second kappa shape index (κ2) is 8.44. The van der Waals surface area contributed by atoms with Crippen LogP contribution in [0.4, 0.5) is 11.5 Å². The van der Waals surface area contributed by atoms with E-state index in [1.54, 1.807) is 13.2 Å². The minimum atomic E-state index is -0.545. The Kier molecular flexibility index (Phi) is 5.38. The van der Waals surface area contributed by atoms with Crippen LogP contribution in [-0.2, 0) is 6.54 Å². The van der Waals surface area contributed by atoms with Crippen LogP contribution >= 0.6 is 0 Å². The van der Waals surface area contributed by atoms with Crippen LogP contribution in [-0.4, -0.2) is 22.0 Å². The van der Waals surface area contributed by atoms with Crippen LogP contribution in [0.1, 0.15) is 5.56 Å². The highest BCUT2D eigenvalue weighted by Gasteiger charge is 2.25. The van der Waals surface area contributed by atoms with Crippen molar-refractivity contribution in [3.05, 3.63) is 88.7 Å². The minimum absolute atomic E-state index is 0.0843. The zero-order chi connectivity index (χ0) is 20.9. The molecule has 4 aromatic rings. The van der Waals surface area contributed by atoms with Crippen LogP contribution in [0, 0.1) is 10.1 Å². The van der Waals surface area contributed by atoms with E-state index in [4.69, 9.17) is 9.47 Å². The molecule has 8 heteroatoms. The minimum Gasteiger partial charge on any atom is -0.497 e. The first-order valence-electron chi connectivity index (χ1n) is 9.17. The van der Waals surface area contributed by atoms with Crippen molar-refractivity contribution in [1.82, 2.24) is 9.97 Å². The fraction of sp³-hybridized carbons (Fsp3) is 0.0909. The average Bonchev–Trinajstić information content (AvgIpc) is 2.78. The van der Waals surface area contributed by atoms with Gasteiger partial charge >= 0.3 is 11.6 Å². The van der Waals surface area contributed by atoms with Crippen LogP contribution in [0.2, 0.25) is 0 Å². The highest BCUT2D eigenvalue weighted by atomic mass is 16.6. The van der Waals surface area contributed by atoms with Crippen LogP contribution in [0.25, 0.3) is 10.8 Å². The number of methoxy groups -OCH3 is 1. The summed E-state index contributed by atoms with van der Waals surface area (Å²) in [6, 6.07) is 20.5. The first kappa shape index (κ1) is 19.1. The molecule has 0 saturated heterocycles. The van der Waals surface area contributed by atoms with Crippen molar-refractivity contribution < 1.29 is 14.4 Å². The molecule has 0 amide bonds. The van der Waals surface area contributed by atoms with E-state index < -0.39 is 4.92 Å². The lowest BCUT2D eigenvalue weighted by atomic mass is 10.1. The predicted molar refractivity (Wildman–Crippen MR) is 113 cm³/mol. The van der Waals surface area contributed by atoms with Crippen LogP contribution in [0.15, 0.2) is 73.1 Å². The van der Waals surface area contributed by atoms with Crippen molar-refractivity contribution >= 4 is 22.3 Å². The van der Waals surface area contributed by atoms with Gasteiger partial charge in [0.25, 0.3) is 0 Å². The van der Waals surface area contributed by atoms with E-state index in [1.807, 2.05) is 60.7 Å². The van der Waals surface area contributed by atoms with Crippen LogP contribution in [0.3, 0.4) is 0 Å². The lowest BCUT2D eigenvalue weighted by molar-refractivity contribution is -0.385. The van der Waals surface area contributed by atoms with Crippen molar-refractivity contribution in [2.45, 2.75) is 6.54 Å². The maximum absolute atomic E-state index is 11.8. The molecule has 0 aliphatic heterocycles. The van der Waals surface area contributed by atoms with Gasteiger partial charge in [0.05, 0.1) is 12.0 Å². The second-order valence-corrected chi connectivity index (χ2v) is 6.41. The maximum atomic E-state index is 11.8. The quantitative estimate of drug-likeness (QED) is 0.345. The molecular formula is C22H18N4O4. The third kappa shape index (κ3) is 3.97. The molecule has 4 rings (SSSR count). The van der Waals surface area contributed by atoms with Crippen molar-refractivity contribution in [2.75, 3.05) is 12.4 Å². The van der Waals surface area contributed by atoms with Crippen LogP contribution < -0.4 is 14.8 Å². The van der Waals surface area contributed by atoms with E-state index in [-0.39, 0.29) is 17.4 Å². The van der Waals surface area contributed by atoms with Gasteiger partial charge in [0.15, 0.2) is 0 Å². The van der Waals surface area contributed by atoms with Gasteiger partial charge in [0.1, 0.15) is 17.8 Å². The predicted octanol–water partition coefficient (Wildman–Crippen LogP) is 4.95. The Hall–Kier alpha value is -4.20. The molecule has 0 fully saturated rings. The number of nitrogens with zero attached hydrogens (tertiary/aromatic N) is 3. The van der Waals surface area contributed by atoms with E-state index in [0.717, 1.165) is 22.1 Å². The summed E-state index contributed by atoms with van der Waals surface area (Å²) in [5, 5.41) is 16.6. The summed E-state index contributed by atoms with van der Waals surface area (Å²) < 4.78 is 11.0. The number of fused-ring (bicyclic) bond motifs is 1. The number of hydrogen-bond donors (Lipinski definition) is 1. The normalized spacial score (nSPS) is 10.6. The lowest BCUT2D eigenvalue weighted by Gasteiger charge is -2.11. The summed E-state index contributed by atoms with van der Waals surface area (Å²) in [7, 11) is 1.59. The Labute approximate surface area is 172 Å². The Balaban J connectivity index is 1.63. The van der Waals surface area contributed by atoms with Gasteiger partial charge in [-0.3, -0.25) is 10.1 Å². The molecule has 0 radical (unpaired) electrons. The molecule has 1 aromatic heterocycles. The fourth-order valence-corrected chi connectivity index (χ4v) is 3.05. The number of ether oxygens (including phenoxy) is 2. The number of nitrogens with one attached hydrogen (secondary N) is 1. The molecule has 0 aliphatic carbocycles. The Morgan fingerprint density at radius 1 is 1.00 bits per heavy atom. The largest absolute Gasteiger partial charge is 0.497 e. The number of hydrogen-bond acceptors (Lipinski definition) is 7. The molecule has 3 aromatic carbocycles. The molecule has 8 nitrogen and oxygen atoms in total. The number of benzene rings is 3. The molecular weight excluding hydrogens is 384 g/mol. The van der Waals surface area contributed by atoms with Gasteiger partial charge in [-0.25, -0.2) is 4.98 Å². The SMILES string of the molecule is COc1ccc(CNc2ncnc(Oc3cccc4ccccc34)c2[N+](=O)[O-])cc1. The van der Waals surface area contributed by atoms with Crippen LogP contribution in [0.5, 0.6) is 17.4 Å². The third-order valence-electron chi connectivity index (χ3n) is 4.55. The summed E-state index contributed by atoms with van der Waals surface area (Å²) in [6.07, 6.45) is 1.24. The molecule has 30 heavy (non-hydrogen) atoms. The number of aromatic nitrogens is 2. The summed E-state index contributed by atoms with van der Waals surface area (Å²) in [4.78, 5) is 19.3. The van der Waals surface area contributed by atoms with Gasteiger partial charge in [0.2, 0.25) is 5.82 Å². The van der Waals surface area contributed by atoms with E-state index in [0.29, 0.717) is 12.3 Å². The average molecular weight is 402 g/mol. The topological polar surface area (TPSA) is 99.4 Å². The Bertz CT molecular complexity index is 1190. The zero-order valence-electron chi connectivity index (χ0n) is 16.1. The molecule has 0 unspecified atom stereocenters. The number of anilines is 1. The molecule has 0 saturated carbocycles. The first-order chi connectivity index (χ1) is 14.7. The monoisotopic (exact) mass is 402 g/mol. The smallest absolute Gasteiger partial charge is 0.373 e. The van der Waals surface area contributed by atoms with Gasteiger partial charge < -0.3 is 14.8 Å². The van der Waals surface area contributed by atoms with E-state index in [9.17, 15) is 10.1 Å². The Morgan fingerprint density at radius 2 is 1.77 bits per heavy atom. The summed E-state index contributed by atoms with van der Waals surface area (Å²) in [5.41, 5.74) is 0.596. The Morgan fingerprint density at radius 3 is 2.53 bits per heavy atom. The number of nitro groups is 1. The van der Waals surface area contributed by atoms with E-state index in [1.165, 1.54) is 6.33 Å². The molecule has 0 atom stereocenters. The molecule has 0 aliphatic rings. The van der Waals surface area contributed by atoms with Crippen molar-refractivity contribution in [1.29, 1.82) is 0 Å². The molecule has 0 spiro atoms.